The zero-order valence-electron chi connectivity index (χ0n) is 13.2. The Morgan fingerprint density at radius 3 is 2.48 bits per heavy atom. The quantitative estimate of drug-likeness (QED) is 0.775. The predicted molar refractivity (Wildman–Crippen MR) is 89.7 cm³/mol. The van der Waals surface area contributed by atoms with Crippen molar-refractivity contribution in [3.8, 4) is 11.3 Å². The Kier molecular flexibility index (Phi) is 3.80. The Hall–Kier alpha value is -2.67. The van der Waals surface area contributed by atoms with E-state index in [9.17, 15) is 13.2 Å². The standard InChI is InChI=1S/C18H15F3N4/c19-10-4-5-12-15(8-10)23-18(25-7-6-11(22)9-25)24-17(12)16-13(20)2-1-3-14(16)21/h1-5,8,11H,6-7,9,22H2. The molecule has 1 aliphatic heterocycles. The van der Waals surface area contributed by atoms with Gasteiger partial charge in [-0.3, -0.25) is 0 Å². The Morgan fingerprint density at radius 1 is 1.04 bits per heavy atom. The van der Waals surface area contributed by atoms with Crippen LogP contribution in [0.1, 0.15) is 6.42 Å². The summed E-state index contributed by atoms with van der Waals surface area (Å²) in [6, 6.07) is 7.50. The number of benzene rings is 2. The number of nitrogens with two attached hydrogens (primary N) is 1. The van der Waals surface area contributed by atoms with Gasteiger partial charge < -0.3 is 10.6 Å². The van der Waals surface area contributed by atoms with Crippen LogP contribution in [0, 0.1) is 17.5 Å². The van der Waals surface area contributed by atoms with Gasteiger partial charge in [0.05, 0.1) is 16.8 Å². The van der Waals surface area contributed by atoms with Crippen LogP contribution >= 0.6 is 0 Å². The van der Waals surface area contributed by atoms with Gasteiger partial charge in [-0.15, -0.1) is 0 Å². The molecule has 1 aliphatic rings. The Bertz CT molecular complexity index is 940. The average molecular weight is 344 g/mol. The highest BCUT2D eigenvalue weighted by Crippen LogP contribution is 2.32. The van der Waals surface area contributed by atoms with Gasteiger partial charge in [0.1, 0.15) is 17.5 Å². The third-order valence-corrected chi connectivity index (χ3v) is 4.35. The van der Waals surface area contributed by atoms with Gasteiger partial charge in [-0.25, -0.2) is 23.1 Å². The minimum Gasteiger partial charge on any atom is -0.339 e. The number of nitrogens with zero attached hydrogens (tertiary/aromatic N) is 3. The minimum atomic E-state index is -0.728. The molecule has 4 nitrogen and oxygen atoms in total. The molecule has 1 unspecified atom stereocenters. The fourth-order valence-electron chi connectivity index (χ4n) is 3.12. The molecule has 7 heteroatoms. The second kappa shape index (κ2) is 6.00. The van der Waals surface area contributed by atoms with Crippen molar-refractivity contribution in [3.05, 3.63) is 53.8 Å². The summed E-state index contributed by atoms with van der Waals surface area (Å²) in [4.78, 5) is 10.6. The average Bonchev–Trinajstić information content (AvgIpc) is 3.00. The number of rotatable bonds is 2. The fraction of sp³-hybridized carbons (Fsp3) is 0.222. The summed E-state index contributed by atoms with van der Waals surface area (Å²) < 4.78 is 42.3. The Labute approximate surface area is 142 Å². The lowest BCUT2D eigenvalue weighted by Gasteiger charge is -2.18. The highest BCUT2D eigenvalue weighted by molar-refractivity contribution is 5.93. The molecule has 0 aliphatic carbocycles. The molecule has 0 bridgehead atoms. The lowest BCUT2D eigenvalue weighted by molar-refractivity contribution is 0.589. The van der Waals surface area contributed by atoms with Crippen LogP contribution in [-0.4, -0.2) is 29.1 Å². The second-order valence-corrected chi connectivity index (χ2v) is 6.13. The van der Waals surface area contributed by atoms with Crippen LogP contribution in [0.4, 0.5) is 19.1 Å². The highest BCUT2D eigenvalue weighted by Gasteiger charge is 2.24. The first-order valence-electron chi connectivity index (χ1n) is 7.95. The molecule has 25 heavy (non-hydrogen) atoms. The molecule has 0 spiro atoms. The van der Waals surface area contributed by atoms with E-state index < -0.39 is 17.5 Å². The third kappa shape index (κ3) is 2.80. The van der Waals surface area contributed by atoms with Gasteiger partial charge in [0.15, 0.2) is 0 Å². The lowest BCUT2D eigenvalue weighted by Crippen LogP contribution is -2.27. The molecule has 4 rings (SSSR count). The number of hydrogen-bond donors (Lipinski definition) is 1. The summed E-state index contributed by atoms with van der Waals surface area (Å²) in [5.74, 6) is -1.64. The van der Waals surface area contributed by atoms with Gasteiger partial charge in [0.25, 0.3) is 0 Å². The van der Waals surface area contributed by atoms with Crippen LogP contribution in [0.2, 0.25) is 0 Å². The van der Waals surface area contributed by atoms with Crippen molar-refractivity contribution in [1.29, 1.82) is 0 Å². The molecule has 1 fully saturated rings. The van der Waals surface area contributed by atoms with E-state index >= 15 is 0 Å². The minimum absolute atomic E-state index is 0.0135. The number of hydrogen-bond acceptors (Lipinski definition) is 4. The molecular formula is C18H15F3N4. The van der Waals surface area contributed by atoms with E-state index in [0.717, 1.165) is 6.42 Å². The van der Waals surface area contributed by atoms with Gasteiger partial charge in [0.2, 0.25) is 5.95 Å². The first-order valence-corrected chi connectivity index (χ1v) is 7.95. The van der Waals surface area contributed by atoms with Gasteiger partial charge >= 0.3 is 0 Å². The van der Waals surface area contributed by atoms with Crippen LogP contribution in [-0.2, 0) is 0 Å². The van der Waals surface area contributed by atoms with E-state index in [1.54, 1.807) is 0 Å². The summed E-state index contributed by atoms with van der Waals surface area (Å²) in [6.45, 7) is 1.18. The zero-order chi connectivity index (χ0) is 17.6. The molecule has 1 aromatic heterocycles. The largest absolute Gasteiger partial charge is 0.339 e. The number of aromatic nitrogens is 2. The molecule has 1 saturated heterocycles. The Morgan fingerprint density at radius 2 is 1.80 bits per heavy atom. The number of fused-ring (bicyclic) bond motifs is 1. The smallest absolute Gasteiger partial charge is 0.226 e. The van der Waals surface area contributed by atoms with E-state index in [2.05, 4.69) is 9.97 Å². The van der Waals surface area contributed by atoms with Crippen LogP contribution in [0.5, 0.6) is 0 Å². The van der Waals surface area contributed by atoms with Crippen molar-refractivity contribution in [1.82, 2.24) is 9.97 Å². The topological polar surface area (TPSA) is 55.0 Å². The lowest BCUT2D eigenvalue weighted by atomic mass is 10.1. The molecule has 0 saturated carbocycles. The summed E-state index contributed by atoms with van der Waals surface area (Å²) in [5, 5.41) is 0.387. The zero-order valence-corrected chi connectivity index (χ0v) is 13.2. The first-order chi connectivity index (χ1) is 12.0. The monoisotopic (exact) mass is 344 g/mol. The fourth-order valence-corrected chi connectivity index (χ4v) is 3.12. The molecule has 2 aromatic carbocycles. The molecular weight excluding hydrogens is 329 g/mol. The van der Waals surface area contributed by atoms with E-state index in [0.29, 0.717) is 29.9 Å². The first kappa shape index (κ1) is 15.8. The van der Waals surface area contributed by atoms with Crippen molar-refractivity contribution in [2.45, 2.75) is 12.5 Å². The van der Waals surface area contributed by atoms with Gasteiger partial charge in [-0.2, -0.15) is 0 Å². The van der Waals surface area contributed by atoms with E-state index in [-0.39, 0.29) is 17.3 Å². The van der Waals surface area contributed by atoms with E-state index in [1.165, 1.54) is 36.4 Å². The Balaban J connectivity index is 1.98. The number of halogens is 3. The second-order valence-electron chi connectivity index (χ2n) is 6.13. The molecule has 2 N–H and O–H groups in total. The molecule has 2 heterocycles. The van der Waals surface area contributed by atoms with Crippen LogP contribution < -0.4 is 10.6 Å². The van der Waals surface area contributed by atoms with Crippen LogP contribution in [0.3, 0.4) is 0 Å². The third-order valence-electron chi connectivity index (χ3n) is 4.35. The van der Waals surface area contributed by atoms with Crippen LogP contribution in [0.25, 0.3) is 22.2 Å². The number of anilines is 1. The molecule has 3 aromatic rings. The molecule has 0 radical (unpaired) electrons. The van der Waals surface area contributed by atoms with Crippen molar-refractivity contribution in [2.75, 3.05) is 18.0 Å². The maximum absolute atomic E-state index is 14.3. The van der Waals surface area contributed by atoms with Gasteiger partial charge in [-0.05, 0) is 30.7 Å². The SMILES string of the molecule is NC1CCN(c2nc(-c3c(F)cccc3F)c3ccc(F)cc3n2)C1. The maximum atomic E-state index is 14.3. The normalized spacial score (nSPS) is 17.4. The summed E-state index contributed by atoms with van der Waals surface area (Å²) in [6.07, 6.45) is 0.772. The van der Waals surface area contributed by atoms with Gasteiger partial charge in [-0.1, -0.05) is 6.07 Å². The van der Waals surface area contributed by atoms with Crippen molar-refractivity contribution in [2.24, 2.45) is 5.73 Å². The molecule has 0 amide bonds. The predicted octanol–water partition coefficient (Wildman–Crippen LogP) is 3.25. The van der Waals surface area contributed by atoms with Gasteiger partial charge in [0, 0.05) is 30.6 Å². The van der Waals surface area contributed by atoms with Crippen molar-refractivity contribution >= 4 is 16.9 Å². The van der Waals surface area contributed by atoms with Crippen LogP contribution in [0.15, 0.2) is 36.4 Å². The molecule has 1 atom stereocenters. The highest BCUT2D eigenvalue weighted by atomic mass is 19.1. The van der Waals surface area contributed by atoms with Crippen molar-refractivity contribution in [3.63, 3.8) is 0 Å². The van der Waals surface area contributed by atoms with E-state index in [4.69, 9.17) is 5.73 Å². The maximum Gasteiger partial charge on any atom is 0.226 e. The summed E-state index contributed by atoms with van der Waals surface area (Å²) >= 11 is 0. The van der Waals surface area contributed by atoms with E-state index in [1.807, 2.05) is 4.90 Å². The van der Waals surface area contributed by atoms with Crippen molar-refractivity contribution < 1.29 is 13.2 Å². The summed E-state index contributed by atoms with van der Waals surface area (Å²) in [5.41, 5.74) is 6.08. The summed E-state index contributed by atoms with van der Waals surface area (Å²) in [7, 11) is 0. The molecule has 128 valence electrons.